The highest BCUT2D eigenvalue weighted by Crippen LogP contribution is 2.08. The molecule has 0 aliphatic heterocycles. The van der Waals surface area contributed by atoms with Gasteiger partial charge >= 0.3 is 0 Å². The highest BCUT2D eigenvalue weighted by molar-refractivity contribution is 5.32. The van der Waals surface area contributed by atoms with Crippen LogP contribution in [-0.2, 0) is 6.42 Å². The average Bonchev–Trinajstić information content (AvgIpc) is 2.58. The molecule has 2 aromatic heterocycles. The van der Waals surface area contributed by atoms with E-state index in [1.54, 1.807) is 0 Å². The standard InChI is InChI=1S/C10H15N5/c1-7-6-8(2)15-9(4-3-5-11)13-14-10(15)12-7/h6H,3-5,11H2,1-2H3/p+1. The molecule has 0 aromatic carbocycles. The summed E-state index contributed by atoms with van der Waals surface area (Å²) in [7, 11) is 0. The minimum Gasteiger partial charge on any atom is -0.358 e. The third kappa shape index (κ3) is 1.83. The van der Waals surface area contributed by atoms with Crippen molar-refractivity contribution in [1.29, 1.82) is 0 Å². The molecule has 0 bridgehead atoms. The lowest BCUT2D eigenvalue weighted by atomic mass is 10.3. The maximum absolute atomic E-state index is 4.34. The first-order valence-corrected chi connectivity index (χ1v) is 5.20. The molecule has 5 heteroatoms. The maximum Gasteiger partial charge on any atom is 0.255 e. The minimum absolute atomic E-state index is 0.701. The molecule has 0 saturated carbocycles. The minimum atomic E-state index is 0.701. The lowest BCUT2D eigenvalue weighted by Crippen LogP contribution is -2.50. The third-order valence-electron chi connectivity index (χ3n) is 2.41. The molecule has 2 aromatic rings. The number of rotatable bonds is 3. The van der Waals surface area contributed by atoms with E-state index in [9.17, 15) is 0 Å². The fourth-order valence-electron chi connectivity index (χ4n) is 1.74. The molecule has 2 rings (SSSR count). The van der Waals surface area contributed by atoms with Gasteiger partial charge in [-0.25, -0.2) is 4.98 Å². The molecule has 3 N–H and O–H groups in total. The molecule has 0 fully saturated rings. The van der Waals surface area contributed by atoms with Crippen LogP contribution in [0.4, 0.5) is 0 Å². The molecule has 0 spiro atoms. The van der Waals surface area contributed by atoms with E-state index in [4.69, 9.17) is 0 Å². The molecule has 0 unspecified atom stereocenters. The summed E-state index contributed by atoms with van der Waals surface area (Å²) in [6.45, 7) is 4.95. The lowest BCUT2D eigenvalue weighted by molar-refractivity contribution is -0.368. The average molecular weight is 206 g/mol. The quantitative estimate of drug-likeness (QED) is 0.763. The van der Waals surface area contributed by atoms with Crippen molar-refractivity contribution in [2.75, 3.05) is 6.54 Å². The molecule has 0 aliphatic rings. The Balaban J connectivity index is 2.49. The summed E-state index contributed by atoms with van der Waals surface area (Å²) in [5.41, 5.74) is 5.95. The van der Waals surface area contributed by atoms with Gasteiger partial charge in [0.25, 0.3) is 5.78 Å². The molecule has 80 valence electrons. The molecule has 0 radical (unpaired) electrons. The van der Waals surface area contributed by atoms with Crippen molar-refractivity contribution >= 4 is 5.78 Å². The summed E-state index contributed by atoms with van der Waals surface area (Å²) in [6.07, 6.45) is 1.95. The first kappa shape index (κ1) is 10.0. The predicted molar refractivity (Wildman–Crippen MR) is 56.3 cm³/mol. The number of nitrogens with zero attached hydrogens (tertiary/aromatic N) is 4. The number of aromatic nitrogens is 4. The van der Waals surface area contributed by atoms with Crippen LogP contribution < -0.4 is 5.73 Å². The molecule has 2 heterocycles. The van der Waals surface area contributed by atoms with Crippen LogP contribution in [0, 0.1) is 13.8 Å². The Hall–Kier alpha value is -1.49. The van der Waals surface area contributed by atoms with Crippen LogP contribution in [0.25, 0.3) is 5.78 Å². The summed E-state index contributed by atoms with van der Waals surface area (Å²) < 4.78 is 2.02. The van der Waals surface area contributed by atoms with Gasteiger partial charge in [0.1, 0.15) is 5.82 Å². The fraction of sp³-hybridized carbons (Fsp3) is 0.500. The summed E-state index contributed by atoms with van der Waals surface area (Å²) in [5, 5.41) is 8.23. The zero-order chi connectivity index (χ0) is 10.8. The van der Waals surface area contributed by atoms with Gasteiger partial charge in [0.15, 0.2) is 0 Å². The van der Waals surface area contributed by atoms with Gasteiger partial charge in [0, 0.05) is 24.2 Å². The van der Waals surface area contributed by atoms with Crippen LogP contribution in [-0.4, -0.2) is 26.1 Å². The Labute approximate surface area is 88.3 Å². The molecule has 0 saturated heterocycles. The fourth-order valence-corrected chi connectivity index (χ4v) is 1.74. The van der Waals surface area contributed by atoms with Crippen LogP contribution >= 0.6 is 0 Å². The van der Waals surface area contributed by atoms with Gasteiger partial charge in [0.05, 0.1) is 6.54 Å². The number of aryl methyl sites for hydroxylation is 3. The molecule has 15 heavy (non-hydrogen) atoms. The van der Waals surface area contributed by atoms with Crippen LogP contribution in [0.15, 0.2) is 6.07 Å². The smallest absolute Gasteiger partial charge is 0.255 e. The van der Waals surface area contributed by atoms with Gasteiger partial charge in [-0.3, -0.25) is 4.40 Å². The Kier molecular flexibility index (Phi) is 2.64. The predicted octanol–water partition coefficient (Wildman–Crippen LogP) is -0.0844. The highest BCUT2D eigenvalue weighted by Gasteiger charge is 2.08. The molecular formula is C10H16N5+. The van der Waals surface area contributed by atoms with Crippen molar-refractivity contribution in [3.8, 4) is 0 Å². The largest absolute Gasteiger partial charge is 0.358 e. The Morgan fingerprint density at radius 1 is 1.33 bits per heavy atom. The van der Waals surface area contributed by atoms with Crippen LogP contribution in [0.1, 0.15) is 23.6 Å². The highest BCUT2D eigenvalue weighted by atomic mass is 15.3. The molecule has 5 nitrogen and oxygen atoms in total. The topological polar surface area (TPSA) is 70.7 Å². The zero-order valence-electron chi connectivity index (χ0n) is 9.19. The molecule has 0 aliphatic carbocycles. The Morgan fingerprint density at radius 2 is 2.13 bits per heavy atom. The number of fused-ring (bicyclic) bond motifs is 1. The van der Waals surface area contributed by atoms with Crippen molar-refractivity contribution in [2.45, 2.75) is 26.7 Å². The summed E-state index contributed by atoms with van der Waals surface area (Å²) in [6, 6.07) is 2.05. The van der Waals surface area contributed by atoms with E-state index < -0.39 is 0 Å². The number of quaternary nitrogens is 1. The molecule has 0 atom stereocenters. The van der Waals surface area contributed by atoms with Gasteiger partial charge < -0.3 is 5.73 Å². The second-order valence-corrected chi connectivity index (χ2v) is 3.75. The number of hydrogen-bond acceptors (Lipinski definition) is 3. The van der Waals surface area contributed by atoms with E-state index in [1.165, 1.54) is 0 Å². The van der Waals surface area contributed by atoms with Crippen molar-refractivity contribution in [2.24, 2.45) is 0 Å². The lowest BCUT2D eigenvalue weighted by Gasteiger charge is -2.02. The summed E-state index contributed by atoms with van der Waals surface area (Å²) in [4.78, 5) is 4.34. The summed E-state index contributed by atoms with van der Waals surface area (Å²) in [5.74, 6) is 1.69. The van der Waals surface area contributed by atoms with Gasteiger partial charge in [-0.1, -0.05) is 0 Å². The van der Waals surface area contributed by atoms with Crippen molar-refractivity contribution in [1.82, 2.24) is 19.6 Å². The van der Waals surface area contributed by atoms with Gasteiger partial charge in [0.2, 0.25) is 0 Å². The van der Waals surface area contributed by atoms with Gasteiger partial charge in [-0.05, 0) is 19.9 Å². The van der Waals surface area contributed by atoms with Crippen molar-refractivity contribution in [3.63, 3.8) is 0 Å². The van der Waals surface area contributed by atoms with E-state index in [0.717, 1.165) is 36.6 Å². The first-order valence-electron chi connectivity index (χ1n) is 5.20. The Bertz CT molecular complexity index is 474. The maximum atomic E-state index is 4.34. The van der Waals surface area contributed by atoms with Crippen molar-refractivity contribution < 1.29 is 5.73 Å². The first-order chi connectivity index (χ1) is 7.22. The van der Waals surface area contributed by atoms with Crippen LogP contribution in [0.3, 0.4) is 0 Å². The van der Waals surface area contributed by atoms with E-state index in [0.29, 0.717) is 5.78 Å². The van der Waals surface area contributed by atoms with E-state index in [1.807, 2.05) is 17.4 Å². The van der Waals surface area contributed by atoms with E-state index in [-0.39, 0.29) is 0 Å². The Morgan fingerprint density at radius 3 is 2.87 bits per heavy atom. The molecular weight excluding hydrogens is 190 g/mol. The van der Waals surface area contributed by atoms with E-state index in [2.05, 4.69) is 27.8 Å². The monoisotopic (exact) mass is 206 g/mol. The third-order valence-corrected chi connectivity index (χ3v) is 2.41. The normalized spacial score (nSPS) is 11.1. The second-order valence-electron chi connectivity index (χ2n) is 3.75. The zero-order valence-corrected chi connectivity index (χ0v) is 9.19. The van der Waals surface area contributed by atoms with Crippen LogP contribution in [0.5, 0.6) is 0 Å². The van der Waals surface area contributed by atoms with Crippen LogP contribution in [0.2, 0.25) is 0 Å². The van der Waals surface area contributed by atoms with Crippen molar-refractivity contribution in [3.05, 3.63) is 23.3 Å². The summed E-state index contributed by atoms with van der Waals surface area (Å²) >= 11 is 0. The second kappa shape index (κ2) is 3.94. The SMILES string of the molecule is Cc1cc(C)n2c(CCC[NH3+])nnc2n1. The van der Waals surface area contributed by atoms with Gasteiger partial charge in [-0.15, -0.1) is 10.2 Å². The van der Waals surface area contributed by atoms with Gasteiger partial charge in [-0.2, -0.15) is 0 Å². The molecule has 0 amide bonds. The number of hydrogen-bond donors (Lipinski definition) is 1. The van der Waals surface area contributed by atoms with E-state index >= 15 is 0 Å².